The van der Waals surface area contributed by atoms with Gasteiger partial charge in [0.25, 0.3) is 0 Å². The quantitative estimate of drug-likeness (QED) is 0.676. The number of amides is 1. The predicted octanol–water partition coefficient (Wildman–Crippen LogP) is 2.19. The number of aromatic amines is 1. The van der Waals surface area contributed by atoms with Gasteiger partial charge in [0.2, 0.25) is 5.91 Å². The van der Waals surface area contributed by atoms with Crippen molar-refractivity contribution in [2.24, 2.45) is 0 Å². The van der Waals surface area contributed by atoms with E-state index in [9.17, 15) is 4.79 Å². The summed E-state index contributed by atoms with van der Waals surface area (Å²) in [5, 5.41) is 9.74. The van der Waals surface area contributed by atoms with Crippen molar-refractivity contribution in [1.29, 1.82) is 0 Å². The molecule has 2 aromatic heterocycles. The molecule has 0 aliphatic carbocycles. The van der Waals surface area contributed by atoms with Crippen molar-refractivity contribution in [2.75, 3.05) is 36.5 Å². The second-order valence-electron chi connectivity index (χ2n) is 5.30. The van der Waals surface area contributed by atoms with Crippen molar-refractivity contribution in [1.82, 2.24) is 25.1 Å². The first-order valence-corrected chi connectivity index (χ1v) is 9.23. The summed E-state index contributed by atoms with van der Waals surface area (Å²) in [7, 11) is 0. The van der Waals surface area contributed by atoms with Gasteiger partial charge in [0.15, 0.2) is 5.82 Å². The summed E-state index contributed by atoms with van der Waals surface area (Å²) < 4.78 is 0. The topological polar surface area (TPSA) is 86.8 Å². The normalized spacial score (nSPS) is 11.0. The average Bonchev–Trinajstić information content (AvgIpc) is 3.02. The monoisotopic (exact) mass is 348 g/mol. The molecule has 0 atom stereocenters. The molecule has 0 spiro atoms. The highest BCUT2D eigenvalue weighted by atomic mass is 32.2. The third-order valence-electron chi connectivity index (χ3n) is 3.56. The van der Waals surface area contributed by atoms with Crippen LogP contribution in [-0.2, 0) is 4.79 Å². The Hall–Kier alpha value is -1.93. The number of thioether (sulfide) groups is 1. The van der Waals surface area contributed by atoms with E-state index in [0.29, 0.717) is 17.4 Å². The fourth-order valence-electron chi connectivity index (χ4n) is 2.19. The third-order valence-corrected chi connectivity index (χ3v) is 4.50. The molecule has 2 aromatic rings. The van der Waals surface area contributed by atoms with E-state index in [-0.39, 0.29) is 5.91 Å². The Labute approximate surface area is 146 Å². The van der Waals surface area contributed by atoms with Crippen LogP contribution >= 0.6 is 11.8 Å². The fourth-order valence-corrected chi connectivity index (χ4v) is 2.98. The van der Waals surface area contributed by atoms with Crippen molar-refractivity contribution >= 4 is 23.5 Å². The molecule has 0 saturated heterocycles. The van der Waals surface area contributed by atoms with E-state index >= 15 is 0 Å². The van der Waals surface area contributed by atoms with E-state index in [4.69, 9.17) is 0 Å². The van der Waals surface area contributed by atoms with Crippen molar-refractivity contribution in [3.05, 3.63) is 24.2 Å². The Morgan fingerprint density at radius 1 is 1.38 bits per heavy atom. The van der Waals surface area contributed by atoms with Gasteiger partial charge in [-0.15, -0.1) is 0 Å². The number of aryl methyl sites for hydroxylation is 1. The molecule has 130 valence electrons. The standard InChI is InChI=1S/C16H24N6OS/c1-4-22(5-2)8-9-24-11-15(23)19-14-10-13(6-7-17-14)16-18-12(3)20-21-16/h6-7,10H,4-5,8-9,11H2,1-3H3,(H,17,19,23)(H,18,20,21). The number of H-pyrrole nitrogens is 1. The first-order chi connectivity index (χ1) is 11.6. The van der Waals surface area contributed by atoms with E-state index in [2.05, 4.69) is 44.2 Å². The molecule has 2 rings (SSSR count). The van der Waals surface area contributed by atoms with E-state index in [1.54, 1.807) is 24.0 Å². The Morgan fingerprint density at radius 3 is 2.83 bits per heavy atom. The van der Waals surface area contributed by atoms with E-state index in [0.717, 1.165) is 36.8 Å². The Kier molecular flexibility index (Phi) is 7.20. The van der Waals surface area contributed by atoms with Gasteiger partial charge in [-0.05, 0) is 32.1 Å². The molecule has 0 bridgehead atoms. The molecule has 0 unspecified atom stereocenters. The van der Waals surface area contributed by atoms with E-state index in [1.807, 2.05) is 13.0 Å². The number of nitrogens with one attached hydrogen (secondary N) is 2. The molecular weight excluding hydrogens is 324 g/mol. The number of nitrogens with zero attached hydrogens (tertiary/aromatic N) is 4. The molecular formula is C16H24N6OS. The van der Waals surface area contributed by atoms with Gasteiger partial charge in [0.05, 0.1) is 5.75 Å². The minimum absolute atomic E-state index is 0.0460. The van der Waals surface area contributed by atoms with Crippen molar-refractivity contribution in [3.63, 3.8) is 0 Å². The first kappa shape index (κ1) is 18.4. The van der Waals surface area contributed by atoms with Crippen LogP contribution in [-0.4, -0.2) is 62.1 Å². The molecule has 0 aliphatic rings. The number of aromatic nitrogens is 4. The number of pyridine rings is 1. The highest BCUT2D eigenvalue weighted by Gasteiger charge is 2.08. The fraction of sp³-hybridized carbons (Fsp3) is 0.500. The number of hydrogen-bond acceptors (Lipinski definition) is 6. The maximum Gasteiger partial charge on any atom is 0.235 e. The number of carbonyl (C=O) groups is 1. The second kappa shape index (κ2) is 9.39. The summed E-state index contributed by atoms with van der Waals surface area (Å²) >= 11 is 1.63. The molecule has 0 fully saturated rings. The van der Waals surface area contributed by atoms with Gasteiger partial charge in [-0.1, -0.05) is 13.8 Å². The first-order valence-electron chi connectivity index (χ1n) is 8.07. The van der Waals surface area contributed by atoms with Gasteiger partial charge < -0.3 is 10.2 Å². The molecule has 24 heavy (non-hydrogen) atoms. The summed E-state index contributed by atoms with van der Waals surface area (Å²) in [5.74, 6) is 3.18. The summed E-state index contributed by atoms with van der Waals surface area (Å²) in [5.41, 5.74) is 0.818. The lowest BCUT2D eigenvalue weighted by molar-refractivity contribution is -0.113. The van der Waals surface area contributed by atoms with Crippen molar-refractivity contribution < 1.29 is 4.79 Å². The SMILES string of the molecule is CCN(CC)CCSCC(=O)Nc1cc(-c2n[nH]c(C)n2)ccn1. The van der Waals surface area contributed by atoms with Crippen LogP contribution in [0.1, 0.15) is 19.7 Å². The van der Waals surface area contributed by atoms with E-state index in [1.165, 1.54) is 0 Å². The molecule has 0 saturated carbocycles. The van der Waals surface area contributed by atoms with Crippen LogP contribution in [0.4, 0.5) is 5.82 Å². The molecule has 0 radical (unpaired) electrons. The third kappa shape index (κ3) is 5.61. The summed E-state index contributed by atoms with van der Waals surface area (Å²) in [6, 6.07) is 3.60. The van der Waals surface area contributed by atoms with Gasteiger partial charge in [0, 0.05) is 24.1 Å². The second-order valence-corrected chi connectivity index (χ2v) is 6.41. The molecule has 2 N–H and O–H groups in total. The largest absolute Gasteiger partial charge is 0.310 e. The van der Waals surface area contributed by atoms with Crippen molar-refractivity contribution in [2.45, 2.75) is 20.8 Å². The van der Waals surface area contributed by atoms with Crippen LogP contribution < -0.4 is 5.32 Å². The number of anilines is 1. The Bertz CT molecular complexity index is 656. The zero-order chi connectivity index (χ0) is 17.4. The van der Waals surface area contributed by atoms with Crippen LogP contribution in [0, 0.1) is 6.92 Å². The van der Waals surface area contributed by atoms with Crippen LogP contribution in [0.5, 0.6) is 0 Å². The zero-order valence-corrected chi connectivity index (χ0v) is 15.2. The minimum atomic E-state index is -0.0460. The van der Waals surface area contributed by atoms with Gasteiger partial charge in [0.1, 0.15) is 11.6 Å². The molecule has 0 aromatic carbocycles. The smallest absolute Gasteiger partial charge is 0.235 e. The molecule has 7 nitrogen and oxygen atoms in total. The minimum Gasteiger partial charge on any atom is -0.310 e. The number of carbonyl (C=O) groups excluding carboxylic acids is 1. The number of rotatable bonds is 9. The van der Waals surface area contributed by atoms with Gasteiger partial charge in [-0.3, -0.25) is 9.89 Å². The highest BCUT2D eigenvalue weighted by Crippen LogP contribution is 2.17. The zero-order valence-electron chi connectivity index (χ0n) is 14.4. The van der Waals surface area contributed by atoms with Crippen LogP contribution in [0.25, 0.3) is 11.4 Å². The van der Waals surface area contributed by atoms with Crippen LogP contribution in [0.3, 0.4) is 0 Å². The van der Waals surface area contributed by atoms with Crippen molar-refractivity contribution in [3.8, 4) is 11.4 Å². The van der Waals surface area contributed by atoms with Gasteiger partial charge in [-0.2, -0.15) is 16.9 Å². The predicted molar refractivity (Wildman–Crippen MR) is 98.1 cm³/mol. The summed E-state index contributed by atoms with van der Waals surface area (Å²) in [4.78, 5) is 22.8. The van der Waals surface area contributed by atoms with Gasteiger partial charge >= 0.3 is 0 Å². The molecule has 2 heterocycles. The molecule has 8 heteroatoms. The summed E-state index contributed by atoms with van der Waals surface area (Å²) in [6.07, 6.45) is 1.64. The van der Waals surface area contributed by atoms with Crippen LogP contribution in [0.15, 0.2) is 18.3 Å². The number of hydrogen-bond donors (Lipinski definition) is 2. The summed E-state index contributed by atoms with van der Waals surface area (Å²) in [6.45, 7) is 9.23. The Balaban J connectivity index is 1.82. The maximum atomic E-state index is 12.0. The van der Waals surface area contributed by atoms with Gasteiger partial charge in [-0.25, -0.2) is 9.97 Å². The van der Waals surface area contributed by atoms with E-state index < -0.39 is 0 Å². The molecule has 0 aliphatic heterocycles. The average molecular weight is 348 g/mol. The lowest BCUT2D eigenvalue weighted by Gasteiger charge is -2.17. The highest BCUT2D eigenvalue weighted by molar-refractivity contribution is 7.99. The van der Waals surface area contributed by atoms with Crippen LogP contribution in [0.2, 0.25) is 0 Å². The lowest BCUT2D eigenvalue weighted by Crippen LogP contribution is -2.26. The lowest BCUT2D eigenvalue weighted by atomic mass is 10.2. The molecule has 1 amide bonds. The maximum absolute atomic E-state index is 12.0. The Morgan fingerprint density at radius 2 is 2.17 bits per heavy atom.